The second kappa shape index (κ2) is 7.19. The third-order valence-electron chi connectivity index (χ3n) is 4.21. The standard InChI is InChI=1S/C19H18F3N3O/c1-13(23-24-16-5-2-4-15(12-16)19(20,21)22)14-7-9-17(10-8-14)25-11-3-6-18(25)26/h2,4-5,7-10,12,24H,3,6,11H2,1H3/b23-13+. The Kier molecular flexibility index (Phi) is 4.97. The van der Waals surface area contributed by atoms with Gasteiger partial charge in [-0.05, 0) is 49.2 Å². The molecule has 1 N–H and O–H groups in total. The lowest BCUT2D eigenvalue weighted by atomic mass is 10.1. The molecule has 1 heterocycles. The Morgan fingerprint density at radius 1 is 1.15 bits per heavy atom. The van der Waals surface area contributed by atoms with Crippen molar-refractivity contribution in [3.63, 3.8) is 0 Å². The monoisotopic (exact) mass is 361 g/mol. The van der Waals surface area contributed by atoms with Gasteiger partial charge in [0.1, 0.15) is 0 Å². The molecular formula is C19H18F3N3O. The van der Waals surface area contributed by atoms with Gasteiger partial charge in [0.2, 0.25) is 5.91 Å². The lowest BCUT2D eigenvalue weighted by Crippen LogP contribution is -2.23. The van der Waals surface area contributed by atoms with Crippen LogP contribution in [0, 0.1) is 0 Å². The van der Waals surface area contributed by atoms with E-state index in [1.807, 2.05) is 24.3 Å². The number of benzene rings is 2. The highest BCUT2D eigenvalue weighted by Crippen LogP contribution is 2.30. The Bertz CT molecular complexity index is 829. The molecule has 3 rings (SSSR count). The van der Waals surface area contributed by atoms with E-state index in [2.05, 4.69) is 10.5 Å². The van der Waals surface area contributed by atoms with E-state index < -0.39 is 11.7 Å². The first-order chi connectivity index (χ1) is 12.3. The number of nitrogens with zero attached hydrogens (tertiary/aromatic N) is 2. The van der Waals surface area contributed by atoms with Crippen molar-refractivity contribution < 1.29 is 18.0 Å². The van der Waals surface area contributed by atoms with Gasteiger partial charge in [0, 0.05) is 18.7 Å². The van der Waals surface area contributed by atoms with Gasteiger partial charge in [-0.25, -0.2) is 0 Å². The molecule has 0 aliphatic carbocycles. The van der Waals surface area contributed by atoms with Crippen molar-refractivity contribution in [1.29, 1.82) is 0 Å². The number of halogens is 3. The minimum absolute atomic E-state index is 0.120. The van der Waals surface area contributed by atoms with Gasteiger partial charge < -0.3 is 4.90 Å². The van der Waals surface area contributed by atoms with Crippen LogP contribution in [0.5, 0.6) is 0 Å². The summed E-state index contributed by atoms with van der Waals surface area (Å²) in [6.45, 7) is 2.49. The first kappa shape index (κ1) is 18.0. The van der Waals surface area contributed by atoms with E-state index >= 15 is 0 Å². The van der Waals surface area contributed by atoms with Gasteiger partial charge in [-0.1, -0.05) is 18.2 Å². The van der Waals surface area contributed by atoms with Crippen LogP contribution in [0.1, 0.15) is 30.9 Å². The smallest absolute Gasteiger partial charge is 0.312 e. The third-order valence-corrected chi connectivity index (χ3v) is 4.21. The number of hydrazone groups is 1. The summed E-state index contributed by atoms with van der Waals surface area (Å²) >= 11 is 0. The van der Waals surface area contributed by atoms with Gasteiger partial charge in [0.15, 0.2) is 0 Å². The highest BCUT2D eigenvalue weighted by Gasteiger charge is 2.30. The SMILES string of the molecule is C/C(=N\Nc1cccc(C(F)(F)F)c1)c1ccc(N2CCCC2=O)cc1. The van der Waals surface area contributed by atoms with Crippen molar-refractivity contribution in [3.05, 3.63) is 59.7 Å². The largest absolute Gasteiger partial charge is 0.416 e. The topological polar surface area (TPSA) is 44.7 Å². The van der Waals surface area contributed by atoms with Crippen molar-refractivity contribution in [2.75, 3.05) is 16.9 Å². The lowest BCUT2D eigenvalue weighted by molar-refractivity contribution is -0.137. The number of hydrogen-bond acceptors (Lipinski definition) is 3. The predicted molar refractivity (Wildman–Crippen MR) is 95.3 cm³/mol. The summed E-state index contributed by atoms with van der Waals surface area (Å²) in [5.74, 6) is 0.120. The van der Waals surface area contributed by atoms with Crippen molar-refractivity contribution >= 4 is 23.0 Å². The Morgan fingerprint density at radius 3 is 2.50 bits per heavy atom. The summed E-state index contributed by atoms with van der Waals surface area (Å²) in [5.41, 5.74) is 4.48. The van der Waals surface area contributed by atoms with E-state index in [0.717, 1.165) is 36.3 Å². The average molecular weight is 361 g/mol. The Balaban J connectivity index is 1.71. The molecule has 1 aliphatic rings. The molecule has 26 heavy (non-hydrogen) atoms. The summed E-state index contributed by atoms with van der Waals surface area (Å²) < 4.78 is 38.2. The van der Waals surface area contributed by atoms with Gasteiger partial charge in [0.05, 0.1) is 17.0 Å². The second-order valence-electron chi connectivity index (χ2n) is 6.08. The zero-order valence-corrected chi connectivity index (χ0v) is 14.2. The molecule has 0 saturated carbocycles. The van der Waals surface area contributed by atoms with E-state index in [1.165, 1.54) is 12.1 Å². The molecule has 1 amide bonds. The molecule has 2 aromatic rings. The fourth-order valence-corrected chi connectivity index (χ4v) is 2.78. The number of carbonyl (C=O) groups excluding carboxylic acids is 1. The molecular weight excluding hydrogens is 343 g/mol. The summed E-state index contributed by atoms with van der Waals surface area (Å²) in [4.78, 5) is 13.5. The number of carbonyl (C=O) groups is 1. The van der Waals surface area contributed by atoms with Crippen LogP contribution in [-0.4, -0.2) is 18.2 Å². The number of hydrogen-bond donors (Lipinski definition) is 1. The average Bonchev–Trinajstić information content (AvgIpc) is 3.05. The molecule has 136 valence electrons. The maximum atomic E-state index is 12.7. The van der Waals surface area contributed by atoms with Crippen LogP contribution in [-0.2, 0) is 11.0 Å². The molecule has 0 unspecified atom stereocenters. The van der Waals surface area contributed by atoms with E-state index in [1.54, 1.807) is 11.8 Å². The van der Waals surface area contributed by atoms with Gasteiger partial charge >= 0.3 is 6.18 Å². The van der Waals surface area contributed by atoms with Crippen LogP contribution in [0.15, 0.2) is 53.6 Å². The molecule has 0 atom stereocenters. The highest BCUT2D eigenvalue weighted by molar-refractivity contribution is 6.00. The van der Waals surface area contributed by atoms with Gasteiger partial charge in [-0.3, -0.25) is 10.2 Å². The maximum Gasteiger partial charge on any atom is 0.416 e. The minimum Gasteiger partial charge on any atom is -0.312 e. The fraction of sp³-hybridized carbons (Fsp3) is 0.263. The van der Waals surface area contributed by atoms with E-state index in [-0.39, 0.29) is 11.6 Å². The van der Waals surface area contributed by atoms with Gasteiger partial charge in [-0.15, -0.1) is 0 Å². The minimum atomic E-state index is -4.39. The highest BCUT2D eigenvalue weighted by atomic mass is 19.4. The van der Waals surface area contributed by atoms with E-state index in [0.29, 0.717) is 12.1 Å². The van der Waals surface area contributed by atoms with Crippen LogP contribution in [0.2, 0.25) is 0 Å². The first-order valence-electron chi connectivity index (χ1n) is 8.23. The Morgan fingerprint density at radius 2 is 1.88 bits per heavy atom. The first-order valence-corrected chi connectivity index (χ1v) is 8.23. The lowest BCUT2D eigenvalue weighted by Gasteiger charge is -2.16. The van der Waals surface area contributed by atoms with Crippen LogP contribution in [0.4, 0.5) is 24.5 Å². The molecule has 0 bridgehead atoms. The van der Waals surface area contributed by atoms with Crippen molar-refractivity contribution in [1.82, 2.24) is 0 Å². The van der Waals surface area contributed by atoms with Crippen molar-refractivity contribution in [2.45, 2.75) is 25.9 Å². The van der Waals surface area contributed by atoms with E-state index in [4.69, 9.17) is 0 Å². The molecule has 7 heteroatoms. The molecule has 0 aromatic heterocycles. The number of rotatable bonds is 4. The van der Waals surface area contributed by atoms with Crippen LogP contribution < -0.4 is 10.3 Å². The van der Waals surface area contributed by atoms with Crippen molar-refractivity contribution in [3.8, 4) is 0 Å². The quantitative estimate of drug-likeness (QED) is 0.635. The summed E-state index contributed by atoms with van der Waals surface area (Å²) in [5, 5.41) is 4.15. The van der Waals surface area contributed by atoms with Crippen molar-refractivity contribution in [2.24, 2.45) is 5.10 Å². The maximum absolute atomic E-state index is 12.7. The molecule has 4 nitrogen and oxygen atoms in total. The van der Waals surface area contributed by atoms with Crippen LogP contribution in [0.25, 0.3) is 0 Å². The van der Waals surface area contributed by atoms with Crippen LogP contribution in [0.3, 0.4) is 0 Å². The number of anilines is 2. The number of alkyl halides is 3. The molecule has 1 aliphatic heterocycles. The zero-order valence-electron chi connectivity index (χ0n) is 14.2. The number of amides is 1. The van der Waals surface area contributed by atoms with Gasteiger partial charge in [0.25, 0.3) is 0 Å². The van der Waals surface area contributed by atoms with Crippen LogP contribution >= 0.6 is 0 Å². The molecule has 0 radical (unpaired) electrons. The molecule has 2 aromatic carbocycles. The van der Waals surface area contributed by atoms with E-state index in [9.17, 15) is 18.0 Å². The molecule has 1 saturated heterocycles. The summed E-state index contributed by atoms with van der Waals surface area (Å²) in [6, 6.07) is 12.3. The second-order valence-corrected chi connectivity index (χ2v) is 6.08. The molecule has 0 spiro atoms. The summed E-state index contributed by atoms with van der Waals surface area (Å²) in [6.07, 6.45) is -2.95. The third kappa shape index (κ3) is 4.04. The predicted octanol–water partition coefficient (Wildman–Crippen LogP) is 4.67. The number of nitrogens with one attached hydrogen (secondary N) is 1. The zero-order chi connectivity index (χ0) is 18.7. The Labute approximate surface area is 149 Å². The summed E-state index contributed by atoms with van der Waals surface area (Å²) in [7, 11) is 0. The normalized spacial score (nSPS) is 15.5. The Hall–Kier alpha value is -2.83. The fourth-order valence-electron chi connectivity index (χ4n) is 2.78. The van der Waals surface area contributed by atoms with Gasteiger partial charge in [-0.2, -0.15) is 18.3 Å². The molecule has 1 fully saturated rings.